The highest BCUT2D eigenvalue weighted by molar-refractivity contribution is 6.14. The van der Waals surface area contributed by atoms with Crippen LogP contribution in [-0.4, -0.2) is 7.85 Å². The maximum absolute atomic E-state index is 8.41. The van der Waals surface area contributed by atoms with E-state index in [1.165, 1.54) is 0 Å². The molecule has 1 atom stereocenters. The molecule has 0 fully saturated rings. The summed E-state index contributed by atoms with van der Waals surface area (Å²) < 4.78 is 0. The van der Waals surface area contributed by atoms with Crippen molar-refractivity contribution in [3.63, 3.8) is 0 Å². The molecule has 46 valence electrons. The van der Waals surface area contributed by atoms with Gasteiger partial charge in [-0.2, -0.15) is 5.26 Å². The second kappa shape index (κ2) is 3.07. The number of benzene rings is 1. The van der Waals surface area contributed by atoms with Gasteiger partial charge in [-0.1, -0.05) is 30.3 Å². The van der Waals surface area contributed by atoms with E-state index in [0.717, 1.165) is 5.56 Å². The fraction of sp³-hybridized carbons (Fsp3) is 0.125. The normalized spacial score (nSPS) is 11.9. The molecule has 0 aliphatic heterocycles. The molecule has 1 aromatic rings. The zero-order valence-electron chi connectivity index (χ0n) is 5.49. The topological polar surface area (TPSA) is 23.8 Å². The monoisotopic (exact) mass is 127 g/mol. The van der Waals surface area contributed by atoms with Gasteiger partial charge < -0.3 is 0 Å². The Morgan fingerprint density at radius 3 is 2.40 bits per heavy atom. The van der Waals surface area contributed by atoms with Gasteiger partial charge in [-0.05, 0) is 5.56 Å². The first kappa shape index (κ1) is 6.89. The van der Waals surface area contributed by atoms with Gasteiger partial charge in [-0.15, -0.1) is 0 Å². The van der Waals surface area contributed by atoms with Crippen LogP contribution in [-0.2, 0) is 0 Å². The minimum Gasteiger partial charge on any atom is -0.199 e. The molecule has 0 N–H and O–H groups in total. The van der Waals surface area contributed by atoms with Crippen LogP contribution in [0.5, 0.6) is 0 Å². The molecule has 1 nitrogen and oxygen atoms in total. The van der Waals surface area contributed by atoms with E-state index in [1.807, 2.05) is 36.4 Å². The maximum Gasteiger partial charge on any atom is 0.0969 e. The summed E-state index contributed by atoms with van der Waals surface area (Å²) in [7, 11) is 5.43. The second-order valence-corrected chi connectivity index (χ2v) is 2.02. The third-order valence-electron chi connectivity index (χ3n) is 1.30. The van der Waals surface area contributed by atoms with Crippen molar-refractivity contribution in [1.29, 1.82) is 5.26 Å². The number of nitriles is 1. The summed E-state index contributed by atoms with van der Waals surface area (Å²) in [5.74, 6) is -0.485. The molecule has 10 heavy (non-hydrogen) atoms. The van der Waals surface area contributed by atoms with Crippen LogP contribution in [0.3, 0.4) is 0 Å². The van der Waals surface area contributed by atoms with Crippen LogP contribution in [0.1, 0.15) is 11.4 Å². The molecule has 0 saturated carbocycles. The minimum atomic E-state index is -0.485. The number of hydrogen-bond donors (Lipinski definition) is 0. The van der Waals surface area contributed by atoms with Crippen molar-refractivity contribution in [1.82, 2.24) is 0 Å². The summed E-state index contributed by atoms with van der Waals surface area (Å²) in [6.45, 7) is 0. The molecule has 0 spiro atoms. The molecule has 0 amide bonds. The van der Waals surface area contributed by atoms with Crippen molar-refractivity contribution in [2.24, 2.45) is 0 Å². The van der Waals surface area contributed by atoms with Crippen LogP contribution in [0, 0.1) is 11.3 Å². The van der Waals surface area contributed by atoms with Crippen molar-refractivity contribution in [2.45, 2.75) is 5.82 Å². The molecule has 0 aliphatic rings. The highest BCUT2D eigenvalue weighted by Crippen LogP contribution is 2.08. The lowest BCUT2D eigenvalue weighted by Crippen LogP contribution is -1.92. The molecule has 0 heterocycles. The second-order valence-electron chi connectivity index (χ2n) is 2.02. The van der Waals surface area contributed by atoms with Crippen LogP contribution in [0.4, 0.5) is 0 Å². The molecule has 1 rings (SSSR count). The Kier molecular flexibility index (Phi) is 2.12. The Morgan fingerprint density at radius 1 is 1.30 bits per heavy atom. The van der Waals surface area contributed by atoms with Gasteiger partial charge in [0.2, 0.25) is 0 Å². The Bertz CT molecular complexity index is 237. The minimum absolute atomic E-state index is 0.485. The number of nitrogens with zero attached hydrogens (tertiary/aromatic N) is 1. The van der Waals surface area contributed by atoms with Crippen molar-refractivity contribution in [3.05, 3.63) is 35.9 Å². The number of hydrogen-bond acceptors (Lipinski definition) is 1. The maximum atomic E-state index is 8.41. The van der Waals surface area contributed by atoms with Crippen molar-refractivity contribution in [3.8, 4) is 6.07 Å². The average molecular weight is 127 g/mol. The lowest BCUT2D eigenvalue weighted by atomic mass is 9.83. The smallest absolute Gasteiger partial charge is 0.0969 e. The van der Waals surface area contributed by atoms with Gasteiger partial charge in [0.1, 0.15) is 0 Å². The van der Waals surface area contributed by atoms with Gasteiger partial charge in [0.05, 0.1) is 13.9 Å². The van der Waals surface area contributed by atoms with Crippen molar-refractivity contribution >= 4 is 7.85 Å². The lowest BCUT2D eigenvalue weighted by Gasteiger charge is -1.99. The molecule has 2 radical (unpaired) electrons. The van der Waals surface area contributed by atoms with Crippen LogP contribution >= 0.6 is 0 Å². The van der Waals surface area contributed by atoms with E-state index in [0.29, 0.717) is 0 Å². The summed E-state index contributed by atoms with van der Waals surface area (Å²) in [4.78, 5) is 0. The van der Waals surface area contributed by atoms with Crippen LogP contribution in [0.25, 0.3) is 0 Å². The van der Waals surface area contributed by atoms with E-state index in [9.17, 15) is 0 Å². The first-order chi connectivity index (χ1) is 4.84. The van der Waals surface area contributed by atoms with Crippen LogP contribution in [0.15, 0.2) is 30.3 Å². The highest BCUT2D eigenvalue weighted by atomic mass is 14.2. The average Bonchev–Trinajstić information content (AvgIpc) is 2.05. The molecule has 0 aromatic heterocycles. The molecule has 2 heteroatoms. The van der Waals surface area contributed by atoms with E-state index in [-0.39, 0.29) is 0 Å². The first-order valence-corrected chi connectivity index (χ1v) is 3.04. The Hall–Kier alpha value is -1.23. The quantitative estimate of drug-likeness (QED) is 0.523. The largest absolute Gasteiger partial charge is 0.199 e. The van der Waals surface area contributed by atoms with Crippen molar-refractivity contribution in [2.75, 3.05) is 0 Å². The fourth-order valence-corrected chi connectivity index (χ4v) is 0.735. The Morgan fingerprint density at radius 2 is 1.90 bits per heavy atom. The Balaban J connectivity index is 2.88. The Labute approximate surface area is 61.7 Å². The fourth-order valence-electron chi connectivity index (χ4n) is 0.735. The molecule has 0 bridgehead atoms. The summed E-state index contributed by atoms with van der Waals surface area (Å²) >= 11 is 0. The van der Waals surface area contributed by atoms with Gasteiger partial charge in [0, 0.05) is 5.82 Å². The van der Waals surface area contributed by atoms with Gasteiger partial charge in [-0.3, -0.25) is 0 Å². The zero-order chi connectivity index (χ0) is 7.40. The third kappa shape index (κ3) is 1.38. The predicted octanol–water partition coefficient (Wildman–Crippen LogP) is 1.42. The van der Waals surface area contributed by atoms with E-state index in [4.69, 9.17) is 13.1 Å². The third-order valence-corrected chi connectivity index (χ3v) is 1.30. The summed E-state index contributed by atoms with van der Waals surface area (Å²) in [5.41, 5.74) is 0.866. The molecular weight excluding hydrogens is 121 g/mol. The van der Waals surface area contributed by atoms with E-state index >= 15 is 0 Å². The molecule has 1 aromatic carbocycles. The molecule has 1 unspecified atom stereocenters. The van der Waals surface area contributed by atoms with Crippen LogP contribution < -0.4 is 0 Å². The number of rotatable bonds is 1. The summed E-state index contributed by atoms with van der Waals surface area (Å²) in [6.07, 6.45) is 0. The zero-order valence-corrected chi connectivity index (χ0v) is 5.49. The van der Waals surface area contributed by atoms with Gasteiger partial charge >= 0.3 is 0 Å². The summed E-state index contributed by atoms with van der Waals surface area (Å²) in [5, 5.41) is 8.41. The van der Waals surface area contributed by atoms with E-state index < -0.39 is 5.82 Å². The van der Waals surface area contributed by atoms with E-state index in [2.05, 4.69) is 0 Å². The SMILES string of the molecule is [B]C(C#N)c1ccccc1. The van der Waals surface area contributed by atoms with Gasteiger partial charge in [0.25, 0.3) is 0 Å². The predicted molar refractivity (Wildman–Crippen MR) is 40.6 cm³/mol. The highest BCUT2D eigenvalue weighted by Gasteiger charge is 1.99. The van der Waals surface area contributed by atoms with Gasteiger partial charge in [-0.25, -0.2) is 0 Å². The summed E-state index contributed by atoms with van der Waals surface area (Å²) in [6, 6.07) is 11.3. The standard InChI is InChI=1S/C8H6BN/c9-8(6-10)7-4-2-1-3-5-7/h1-5,8H. The first-order valence-electron chi connectivity index (χ1n) is 3.04. The lowest BCUT2D eigenvalue weighted by molar-refractivity contribution is 1.21. The molecule has 0 saturated heterocycles. The molecule has 0 aliphatic carbocycles. The van der Waals surface area contributed by atoms with Crippen molar-refractivity contribution < 1.29 is 0 Å². The van der Waals surface area contributed by atoms with E-state index in [1.54, 1.807) is 0 Å². The van der Waals surface area contributed by atoms with Gasteiger partial charge in [0.15, 0.2) is 0 Å². The van der Waals surface area contributed by atoms with Crippen LogP contribution in [0.2, 0.25) is 0 Å². The molecular formula is C8H6BN.